The average Bonchev–Trinajstić information content (AvgIpc) is 2.59. The minimum absolute atomic E-state index is 0.0518. The van der Waals surface area contributed by atoms with E-state index in [-0.39, 0.29) is 17.0 Å². The summed E-state index contributed by atoms with van der Waals surface area (Å²) >= 11 is 0. The highest BCUT2D eigenvalue weighted by atomic mass is 16.3. The number of amides is 2. The van der Waals surface area contributed by atoms with Crippen LogP contribution in [-0.2, 0) is 16.1 Å². The van der Waals surface area contributed by atoms with Crippen molar-refractivity contribution in [1.29, 1.82) is 0 Å². The fourth-order valence-corrected chi connectivity index (χ4v) is 2.34. The van der Waals surface area contributed by atoms with Crippen molar-refractivity contribution < 1.29 is 14.7 Å². The van der Waals surface area contributed by atoms with Crippen LogP contribution >= 0.6 is 0 Å². The molecule has 24 heavy (non-hydrogen) atoms. The van der Waals surface area contributed by atoms with Crippen LogP contribution < -0.4 is 22.3 Å². The summed E-state index contributed by atoms with van der Waals surface area (Å²) in [6.45, 7) is 3.63. The molecule has 9 heteroatoms. The number of hydrogen-bond acceptors (Lipinski definition) is 6. The van der Waals surface area contributed by atoms with Crippen LogP contribution in [-0.4, -0.2) is 27.2 Å². The highest BCUT2D eigenvalue weighted by molar-refractivity contribution is 6.35. The van der Waals surface area contributed by atoms with Crippen molar-refractivity contribution in [3.8, 4) is 5.75 Å². The second-order valence-corrected chi connectivity index (χ2v) is 4.90. The largest absolute Gasteiger partial charge is 0.506 e. The molecule has 0 bridgehead atoms. The van der Waals surface area contributed by atoms with E-state index in [0.29, 0.717) is 17.4 Å². The molecule has 0 aliphatic rings. The zero-order valence-electron chi connectivity index (χ0n) is 13.2. The molecule has 5 N–H and O–H groups in total. The molecule has 2 amide bonds. The Morgan fingerprint density at radius 3 is 2.58 bits per heavy atom. The number of para-hydroxylation sites is 1. The Labute approximate surface area is 136 Å². The molecule has 0 spiro atoms. The molecule has 0 fully saturated rings. The minimum atomic E-state index is -1.09. The maximum Gasteiger partial charge on any atom is 0.330 e. The Balaban J connectivity index is 2.58. The number of fused-ring (bicyclic) bond motifs is 1. The van der Waals surface area contributed by atoms with E-state index in [0.717, 1.165) is 0 Å². The average molecular weight is 331 g/mol. The number of benzene rings is 1. The summed E-state index contributed by atoms with van der Waals surface area (Å²) in [6.07, 6.45) is 0. The lowest BCUT2D eigenvalue weighted by Crippen LogP contribution is -2.41. The molecule has 2 aromatic rings. The first-order chi connectivity index (χ1) is 11.4. The van der Waals surface area contributed by atoms with Crippen LogP contribution in [0.5, 0.6) is 5.75 Å². The number of hydrazine groups is 1. The zero-order chi connectivity index (χ0) is 17.9. The number of rotatable bonds is 3. The van der Waals surface area contributed by atoms with Gasteiger partial charge in [0, 0.05) is 11.9 Å². The van der Waals surface area contributed by atoms with Gasteiger partial charge in [-0.1, -0.05) is 12.1 Å². The topological polar surface area (TPSA) is 139 Å². The van der Waals surface area contributed by atoms with Gasteiger partial charge in [0.25, 0.3) is 5.56 Å². The minimum Gasteiger partial charge on any atom is -0.506 e. The van der Waals surface area contributed by atoms with Crippen molar-refractivity contribution in [3.63, 3.8) is 0 Å². The number of aryl methyl sites for hydroxylation is 1. The van der Waals surface area contributed by atoms with E-state index < -0.39 is 17.4 Å². The Hall–Kier alpha value is -3.20. The van der Waals surface area contributed by atoms with Gasteiger partial charge in [-0.15, -0.1) is 0 Å². The molecule has 0 atom stereocenters. The number of aromatic nitrogens is 1. The first-order valence-electron chi connectivity index (χ1n) is 7.12. The number of carbonyl (C=O) groups excluding carboxylic acids is 2. The van der Waals surface area contributed by atoms with Crippen molar-refractivity contribution in [1.82, 2.24) is 15.4 Å². The molecule has 1 aromatic carbocycles. The first kappa shape index (κ1) is 17.2. The molecular weight excluding hydrogens is 314 g/mol. The van der Waals surface area contributed by atoms with Crippen molar-refractivity contribution in [2.75, 3.05) is 0 Å². The number of hydrazone groups is 1. The van der Waals surface area contributed by atoms with Crippen molar-refractivity contribution in [2.45, 2.75) is 20.4 Å². The lowest BCUT2D eigenvalue weighted by molar-refractivity contribution is -0.139. The van der Waals surface area contributed by atoms with Gasteiger partial charge >= 0.3 is 11.8 Å². The van der Waals surface area contributed by atoms with Crippen molar-refractivity contribution >= 4 is 28.4 Å². The third-order valence-corrected chi connectivity index (χ3v) is 3.49. The number of aromatic hydroxyl groups is 1. The maximum absolute atomic E-state index is 12.6. The first-order valence-corrected chi connectivity index (χ1v) is 7.12. The smallest absolute Gasteiger partial charge is 0.330 e. The quantitative estimate of drug-likeness (QED) is 0.198. The SMILES string of the molecule is CCn1c(=O)c(/C(C)=N/NC(=O)C(=O)NN)c(O)c2ccccc21. The van der Waals surface area contributed by atoms with Gasteiger partial charge in [0.05, 0.1) is 11.2 Å². The van der Waals surface area contributed by atoms with Crippen LogP contribution in [0.15, 0.2) is 34.2 Å². The monoisotopic (exact) mass is 331 g/mol. The number of nitrogens with two attached hydrogens (primary N) is 1. The Bertz CT molecular complexity index is 901. The normalized spacial score (nSPS) is 11.4. The van der Waals surface area contributed by atoms with E-state index in [9.17, 15) is 19.5 Å². The molecule has 0 aliphatic carbocycles. The molecule has 2 rings (SSSR count). The standard InChI is InChI=1S/C15H17N5O4/c1-3-20-10-7-5-4-6-9(10)12(21)11(15(20)24)8(2)18-19-14(23)13(22)17-16/h4-7,21H,3,16H2,1-2H3,(H,17,22)(H,19,23)/b18-8+. The summed E-state index contributed by atoms with van der Waals surface area (Å²) in [5.74, 6) is 2.43. The molecule has 1 heterocycles. The van der Waals surface area contributed by atoms with Crippen LogP contribution in [0, 0.1) is 0 Å². The Morgan fingerprint density at radius 1 is 1.29 bits per heavy atom. The maximum atomic E-state index is 12.6. The van der Waals surface area contributed by atoms with E-state index in [4.69, 9.17) is 5.84 Å². The number of carbonyl (C=O) groups is 2. The third-order valence-electron chi connectivity index (χ3n) is 3.49. The van der Waals surface area contributed by atoms with E-state index >= 15 is 0 Å². The van der Waals surface area contributed by atoms with Gasteiger partial charge in [-0.05, 0) is 26.0 Å². The Kier molecular flexibility index (Phi) is 4.95. The predicted molar refractivity (Wildman–Crippen MR) is 88.2 cm³/mol. The molecule has 0 aliphatic heterocycles. The van der Waals surface area contributed by atoms with Gasteiger partial charge in [-0.2, -0.15) is 5.10 Å². The number of nitrogens with one attached hydrogen (secondary N) is 2. The predicted octanol–water partition coefficient (Wildman–Crippen LogP) is -0.443. The molecule has 126 valence electrons. The van der Waals surface area contributed by atoms with Crippen LogP contribution in [0.25, 0.3) is 10.9 Å². The van der Waals surface area contributed by atoms with E-state index in [1.807, 2.05) is 5.43 Å². The zero-order valence-corrected chi connectivity index (χ0v) is 13.2. The molecule has 0 saturated heterocycles. The number of hydrogen-bond donors (Lipinski definition) is 4. The second-order valence-electron chi connectivity index (χ2n) is 4.90. The van der Waals surface area contributed by atoms with Gasteiger partial charge in [0.1, 0.15) is 11.3 Å². The molecule has 0 saturated carbocycles. The van der Waals surface area contributed by atoms with Crippen LogP contribution in [0.1, 0.15) is 19.4 Å². The number of pyridine rings is 1. The lowest BCUT2D eigenvalue weighted by Gasteiger charge is -2.13. The van der Waals surface area contributed by atoms with Gasteiger partial charge in [-0.25, -0.2) is 11.3 Å². The third kappa shape index (κ3) is 2.97. The molecule has 1 aromatic heterocycles. The van der Waals surface area contributed by atoms with Crippen molar-refractivity contribution in [2.24, 2.45) is 10.9 Å². The van der Waals surface area contributed by atoms with Crippen molar-refractivity contribution in [3.05, 3.63) is 40.2 Å². The summed E-state index contributed by atoms with van der Waals surface area (Å²) < 4.78 is 1.48. The van der Waals surface area contributed by atoms with Crippen LogP contribution in [0.4, 0.5) is 0 Å². The summed E-state index contributed by atoms with van der Waals surface area (Å²) in [7, 11) is 0. The Morgan fingerprint density at radius 2 is 1.96 bits per heavy atom. The lowest BCUT2D eigenvalue weighted by atomic mass is 10.1. The summed E-state index contributed by atoms with van der Waals surface area (Å²) in [4.78, 5) is 35.0. The van der Waals surface area contributed by atoms with Gasteiger partial charge < -0.3 is 9.67 Å². The summed E-state index contributed by atoms with van der Waals surface area (Å²) in [5, 5.41) is 14.6. The van der Waals surface area contributed by atoms with E-state index in [2.05, 4.69) is 5.10 Å². The molecular formula is C15H17N5O4. The van der Waals surface area contributed by atoms with Crippen LogP contribution in [0.2, 0.25) is 0 Å². The van der Waals surface area contributed by atoms with Crippen LogP contribution in [0.3, 0.4) is 0 Å². The summed E-state index contributed by atoms with van der Waals surface area (Å²) in [5.41, 5.74) is 3.77. The van der Waals surface area contributed by atoms with Gasteiger partial charge in [-0.3, -0.25) is 19.8 Å². The van der Waals surface area contributed by atoms with Gasteiger partial charge in [0.15, 0.2) is 0 Å². The fraction of sp³-hybridized carbons (Fsp3) is 0.200. The molecule has 9 nitrogen and oxygen atoms in total. The highest BCUT2D eigenvalue weighted by Gasteiger charge is 2.18. The highest BCUT2D eigenvalue weighted by Crippen LogP contribution is 2.26. The second kappa shape index (κ2) is 6.92. The van der Waals surface area contributed by atoms with E-state index in [1.54, 1.807) is 36.6 Å². The van der Waals surface area contributed by atoms with E-state index in [1.165, 1.54) is 11.5 Å². The molecule has 0 radical (unpaired) electrons. The molecule has 0 unspecified atom stereocenters. The van der Waals surface area contributed by atoms with Gasteiger partial charge in [0.2, 0.25) is 0 Å². The number of nitrogens with zero attached hydrogens (tertiary/aromatic N) is 2. The summed E-state index contributed by atoms with van der Waals surface area (Å²) in [6, 6.07) is 6.90. The fourth-order valence-electron chi connectivity index (χ4n) is 2.34.